The Kier molecular flexibility index (Phi) is 5.33. The van der Waals surface area contributed by atoms with Crippen molar-refractivity contribution in [2.75, 3.05) is 12.8 Å². The van der Waals surface area contributed by atoms with E-state index in [9.17, 15) is 4.79 Å². The molecule has 1 amide bonds. The van der Waals surface area contributed by atoms with Crippen molar-refractivity contribution >= 4 is 17.7 Å². The topological polar surface area (TPSA) is 32.3 Å². The van der Waals surface area contributed by atoms with Crippen LogP contribution in [0.2, 0.25) is 0 Å². The van der Waals surface area contributed by atoms with Crippen LogP contribution in [-0.2, 0) is 4.79 Å². The number of carbonyl (C=O) groups is 1. The molecule has 3 unspecified atom stereocenters. The average molecular weight is 306 g/mol. The van der Waals surface area contributed by atoms with Crippen LogP contribution in [0.3, 0.4) is 0 Å². The summed E-state index contributed by atoms with van der Waals surface area (Å²) in [6.45, 7) is 9.26. The van der Waals surface area contributed by atoms with Gasteiger partial charge in [-0.2, -0.15) is 11.8 Å². The van der Waals surface area contributed by atoms with Crippen molar-refractivity contribution in [3.8, 4) is 0 Å². The molecule has 1 aromatic carbocycles. The number of rotatable bonds is 5. The lowest BCUT2D eigenvalue weighted by Crippen LogP contribution is -2.35. The lowest BCUT2D eigenvalue weighted by Gasteiger charge is -2.28. The van der Waals surface area contributed by atoms with Crippen LogP contribution in [0.15, 0.2) is 18.2 Å². The summed E-state index contributed by atoms with van der Waals surface area (Å²) in [7, 11) is 0. The Labute approximate surface area is 132 Å². The minimum absolute atomic E-state index is 0.0111. The van der Waals surface area contributed by atoms with Crippen LogP contribution in [-0.4, -0.2) is 34.9 Å². The van der Waals surface area contributed by atoms with Gasteiger partial charge >= 0.3 is 0 Å². The maximum absolute atomic E-state index is 12.6. The summed E-state index contributed by atoms with van der Waals surface area (Å²) in [6, 6.07) is 6.42. The number of hydrogen-bond donors (Lipinski definition) is 1. The molecule has 2 rings (SSSR count). The van der Waals surface area contributed by atoms with Gasteiger partial charge in [0, 0.05) is 11.8 Å². The normalized spacial score (nSPS) is 23.7. The van der Waals surface area contributed by atoms with Crippen molar-refractivity contribution in [2.24, 2.45) is 0 Å². The third-order valence-corrected chi connectivity index (χ3v) is 5.20. The number of carbonyl (C=O) groups excluding carboxylic acids is 1. The highest BCUT2D eigenvalue weighted by Gasteiger charge is 2.39. The molecule has 1 aromatic rings. The molecule has 0 radical (unpaired) electrons. The highest BCUT2D eigenvalue weighted by molar-refractivity contribution is 7.99. The van der Waals surface area contributed by atoms with Crippen LogP contribution in [0.5, 0.6) is 0 Å². The molecule has 21 heavy (non-hydrogen) atoms. The van der Waals surface area contributed by atoms with Gasteiger partial charge in [0.25, 0.3) is 0 Å². The lowest BCUT2D eigenvalue weighted by molar-refractivity contribution is -0.130. The summed E-state index contributed by atoms with van der Waals surface area (Å²) in [4.78, 5) is 14.6. The molecule has 0 spiro atoms. The van der Waals surface area contributed by atoms with Gasteiger partial charge in [-0.1, -0.05) is 37.6 Å². The van der Waals surface area contributed by atoms with E-state index in [0.29, 0.717) is 5.25 Å². The van der Waals surface area contributed by atoms with Gasteiger partial charge < -0.3 is 4.90 Å². The minimum atomic E-state index is -0.0519. The number of aryl methyl sites for hydroxylation is 2. The van der Waals surface area contributed by atoms with Crippen molar-refractivity contribution < 1.29 is 4.79 Å². The SMILES string of the molecule is CCC1NC(c2cc(C)ccc2C)N(CC(C)SC)C1=O. The van der Waals surface area contributed by atoms with Crippen LogP contribution >= 0.6 is 11.8 Å². The van der Waals surface area contributed by atoms with Crippen molar-refractivity contribution in [3.63, 3.8) is 0 Å². The fraction of sp³-hybridized carbons (Fsp3) is 0.588. The van der Waals surface area contributed by atoms with Crippen molar-refractivity contribution in [1.82, 2.24) is 10.2 Å². The Hall–Kier alpha value is -1.00. The number of benzene rings is 1. The summed E-state index contributed by atoms with van der Waals surface area (Å²) in [5.74, 6) is 0.240. The molecule has 3 atom stereocenters. The molecule has 0 aromatic heterocycles. The molecule has 1 N–H and O–H groups in total. The molecule has 116 valence electrons. The fourth-order valence-electron chi connectivity index (χ4n) is 2.83. The molecule has 0 bridgehead atoms. The summed E-state index contributed by atoms with van der Waals surface area (Å²) < 4.78 is 0. The Balaban J connectivity index is 2.34. The van der Waals surface area contributed by atoms with Crippen LogP contribution in [0, 0.1) is 13.8 Å². The quantitative estimate of drug-likeness (QED) is 0.906. The van der Waals surface area contributed by atoms with E-state index >= 15 is 0 Å². The highest BCUT2D eigenvalue weighted by atomic mass is 32.2. The predicted octanol–water partition coefficient (Wildman–Crippen LogP) is 3.26. The van der Waals surface area contributed by atoms with Crippen LogP contribution in [0.4, 0.5) is 0 Å². The largest absolute Gasteiger partial charge is 0.320 e. The number of thioether (sulfide) groups is 1. The number of nitrogens with zero attached hydrogens (tertiary/aromatic N) is 1. The van der Waals surface area contributed by atoms with Crippen LogP contribution < -0.4 is 5.32 Å². The zero-order valence-electron chi connectivity index (χ0n) is 13.6. The summed E-state index contributed by atoms with van der Waals surface area (Å²) in [5.41, 5.74) is 3.71. The van der Waals surface area contributed by atoms with E-state index in [-0.39, 0.29) is 18.1 Å². The third-order valence-electron chi connectivity index (χ3n) is 4.25. The fourth-order valence-corrected chi connectivity index (χ4v) is 3.14. The van der Waals surface area contributed by atoms with Gasteiger partial charge in [0.15, 0.2) is 0 Å². The van der Waals surface area contributed by atoms with E-state index in [2.05, 4.69) is 57.5 Å². The second-order valence-corrected chi connectivity index (χ2v) is 7.20. The zero-order valence-corrected chi connectivity index (χ0v) is 14.5. The molecular weight excluding hydrogens is 280 g/mol. The Morgan fingerprint density at radius 2 is 2.10 bits per heavy atom. The second-order valence-electron chi connectivity index (χ2n) is 5.93. The summed E-state index contributed by atoms with van der Waals surface area (Å²) >= 11 is 1.81. The highest BCUT2D eigenvalue weighted by Crippen LogP contribution is 2.30. The molecule has 0 aliphatic carbocycles. The summed E-state index contributed by atoms with van der Waals surface area (Å²) in [5, 5.41) is 3.96. The monoisotopic (exact) mass is 306 g/mol. The van der Waals surface area contributed by atoms with Gasteiger partial charge in [-0.3, -0.25) is 10.1 Å². The standard InChI is InChI=1S/C17H26N2OS/c1-6-15-17(20)19(10-13(4)21-5)16(18-15)14-9-11(2)7-8-12(14)3/h7-9,13,15-16,18H,6,10H2,1-5H3. The predicted molar refractivity (Wildman–Crippen MR) is 90.6 cm³/mol. The first-order valence-corrected chi connectivity index (χ1v) is 8.93. The number of amides is 1. The Bertz CT molecular complexity index is 518. The Morgan fingerprint density at radius 3 is 2.71 bits per heavy atom. The van der Waals surface area contributed by atoms with E-state index in [0.717, 1.165) is 13.0 Å². The first kappa shape index (κ1) is 16.4. The average Bonchev–Trinajstić information content (AvgIpc) is 2.78. The molecule has 4 heteroatoms. The van der Waals surface area contributed by atoms with Crippen molar-refractivity contribution in [2.45, 2.75) is 51.6 Å². The number of hydrogen-bond acceptors (Lipinski definition) is 3. The molecule has 1 fully saturated rings. The van der Waals surface area contributed by atoms with E-state index in [1.807, 2.05) is 4.90 Å². The molecule has 1 aliphatic rings. The van der Waals surface area contributed by atoms with Gasteiger partial charge in [-0.25, -0.2) is 0 Å². The van der Waals surface area contributed by atoms with Gasteiger partial charge in [-0.05, 0) is 37.7 Å². The lowest BCUT2D eigenvalue weighted by atomic mass is 10.0. The molecular formula is C17H26N2OS. The summed E-state index contributed by atoms with van der Waals surface area (Å²) in [6.07, 6.45) is 2.95. The van der Waals surface area contributed by atoms with E-state index in [4.69, 9.17) is 0 Å². The van der Waals surface area contributed by atoms with Gasteiger partial charge in [-0.15, -0.1) is 0 Å². The number of nitrogens with one attached hydrogen (secondary N) is 1. The molecule has 3 nitrogen and oxygen atoms in total. The molecule has 1 saturated heterocycles. The molecule has 0 saturated carbocycles. The van der Waals surface area contributed by atoms with Gasteiger partial charge in [0.05, 0.1) is 6.04 Å². The van der Waals surface area contributed by atoms with E-state index in [1.165, 1.54) is 16.7 Å². The zero-order chi connectivity index (χ0) is 15.6. The maximum atomic E-state index is 12.6. The van der Waals surface area contributed by atoms with Gasteiger partial charge in [0.1, 0.15) is 6.17 Å². The molecule has 1 heterocycles. The first-order chi connectivity index (χ1) is 9.97. The van der Waals surface area contributed by atoms with Crippen LogP contribution in [0.25, 0.3) is 0 Å². The van der Waals surface area contributed by atoms with Crippen molar-refractivity contribution in [1.29, 1.82) is 0 Å². The minimum Gasteiger partial charge on any atom is -0.320 e. The van der Waals surface area contributed by atoms with Gasteiger partial charge in [0.2, 0.25) is 5.91 Å². The first-order valence-electron chi connectivity index (χ1n) is 7.64. The Morgan fingerprint density at radius 1 is 1.38 bits per heavy atom. The van der Waals surface area contributed by atoms with E-state index in [1.54, 1.807) is 11.8 Å². The second kappa shape index (κ2) is 6.84. The molecule has 1 aliphatic heterocycles. The smallest absolute Gasteiger partial charge is 0.241 e. The van der Waals surface area contributed by atoms with E-state index < -0.39 is 0 Å². The maximum Gasteiger partial charge on any atom is 0.241 e. The third kappa shape index (κ3) is 3.43. The van der Waals surface area contributed by atoms with Crippen molar-refractivity contribution in [3.05, 3.63) is 34.9 Å². The van der Waals surface area contributed by atoms with Crippen LogP contribution in [0.1, 0.15) is 43.1 Å².